The molecule has 6 aromatic rings. The first-order valence-corrected chi connectivity index (χ1v) is 10.0. The molecule has 0 fully saturated rings. The highest BCUT2D eigenvalue weighted by molar-refractivity contribution is 7.27. The Hall–Kier alpha value is -3.16. The molecule has 0 saturated heterocycles. The van der Waals surface area contributed by atoms with E-state index in [2.05, 4.69) is 97.1 Å². The van der Waals surface area contributed by atoms with E-state index < -0.39 is 0 Å². The molecule has 0 atom stereocenters. The van der Waals surface area contributed by atoms with Gasteiger partial charge in [-0.05, 0) is 39.4 Å². The number of fused-ring (bicyclic) bond motifs is 8. The van der Waals surface area contributed by atoms with Gasteiger partial charge in [-0.1, -0.05) is 84.9 Å². The van der Waals surface area contributed by atoms with Crippen molar-refractivity contribution in [2.75, 3.05) is 0 Å². The summed E-state index contributed by atoms with van der Waals surface area (Å²) in [5, 5.41) is 8.14. The second-order valence-electron chi connectivity index (χ2n) is 6.97. The molecule has 0 aliphatic heterocycles. The molecule has 0 N–H and O–H groups in total. The molecule has 6 rings (SSSR count). The van der Waals surface area contributed by atoms with Crippen LogP contribution in [0.5, 0.6) is 0 Å². The molecule has 0 amide bonds. The second kappa shape index (κ2) is 5.67. The van der Waals surface area contributed by atoms with E-state index in [0.717, 1.165) is 0 Å². The lowest BCUT2D eigenvalue weighted by Crippen LogP contribution is -1.80. The highest BCUT2D eigenvalue weighted by Gasteiger charge is 2.14. The molecule has 0 saturated carbocycles. The van der Waals surface area contributed by atoms with E-state index in [1.807, 2.05) is 11.3 Å². The van der Waals surface area contributed by atoms with E-state index >= 15 is 0 Å². The lowest BCUT2D eigenvalue weighted by Gasteiger charge is -2.07. The van der Waals surface area contributed by atoms with Crippen molar-refractivity contribution in [2.24, 2.45) is 0 Å². The van der Waals surface area contributed by atoms with Gasteiger partial charge in [0.1, 0.15) is 0 Å². The van der Waals surface area contributed by atoms with Crippen LogP contribution < -0.4 is 0 Å². The van der Waals surface area contributed by atoms with Crippen LogP contribution in [0, 0.1) is 0 Å². The maximum Gasteiger partial charge on any atom is 0.0440 e. The predicted octanol–water partition coefficient (Wildman–Crippen LogP) is 8.03. The average Bonchev–Trinajstić information content (AvgIpc) is 3.14. The third-order valence-electron chi connectivity index (χ3n) is 5.45. The van der Waals surface area contributed by atoms with Crippen LogP contribution in [0.15, 0.2) is 97.1 Å². The minimum absolute atomic E-state index is 1.27. The van der Waals surface area contributed by atoms with Crippen LogP contribution in [0.2, 0.25) is 0 Å². The van der Waals surface area contributed by atoms with Crippen LogP contribution in [0.3, 0.4) is 0 Å². The molecule has 1 heterocycles. The van der Waals surface area contributed by atoms with Gasteiger partial charge in [0.25, 0.3) is 0 Å². The molecule has 126 valence electrons. The van der Waals surface area contributed by atoms with E-state index in [4.69, 9.17) is 0 Å². The average molecular weight is 360 g/mol. The minimum atomic E-state index is 1.27. The predicted molar refractivity (Wildman–Crippen MR) is 120 cm³/mol. The lowest BCUT2D eigenvalue weighted by atomic mass is 9.96. The largest absolute Gasteiger partial charge is 0.135 e. The Balaban J connectivity index is 1.83. The molecule has 27 heavy (non-hydrogen) atoms. The third-order valence-corrected chi connectivity index (χ3v) is 6.66. The highest BCUT2D eigenvalue weighted by Crippen LogP contribution is 2.44. The summed E-state index contributed by atoms with van der Waals surface area (Å²) in [6.07, 6.45) is 0. The maximum atomic E-state index is 2.37. The summed E-state index contributed by atoms with van der Waals surface area (Å²) in [6, 6.07) is 35.2. The lowest BCUT2D eigenvalue weighted by molar-refractivity contribution is 1.66. The maximum absolute atomic E-state index is 2.37. The summed E-state index contributed by atoms with van der Waals surface area (Å²) >= 11 is 1.91. The van der Waals surface area contributed by atoms with Gasteiger partial charge in [-0.2, -0.15) is 0 Å². The Labute approximate surface area is 161 Å². The van der Waals surface area contributed by atoms with Crippen LogP contribution >= 0.6 is 11.3 Å². The molecular weight excluding hydrogens is 344 g/mol. The third kappa shape index (κ3) is 2.16. The number of thiophene rings is 1. The van der Waals surface area contributed by atoms with Gasteiger partial charge in [0.2, 0.25) is 0 Å². The summed E-state index contributed by atoms with van der Waals surface area (Å²) < 4.78 is 2.75. The standard InChI is InChI=1S/C26H16S/c1-2-8-17(9-3-1)18-14-15-24-23(16-18)25-21-12-6-4-10-19(21)20-11-5-7-13-22(20)26(25)27-24/h1-16H. The van der Waals surface area contributed by atoms with Crippen molar-refractivity contribution in [1.29, 1.82) is 0 Å². The second-order valence-corrected chi connectivity index (χ2v) is 8.03. The van der Waals surface area contributed by atoms with Crippen LogP contribution in [0.4, 0.5) is 0 Å². The Morgan fingerprint density at radius 2 is 1.07 bits per heavy atom. The molecule has 1 heteroatoms. The number of benzene rings is 5. The van der Waals surface area contributed by atoms with Crippen LogP contribution in [-0.2, 0) is 0 Å². The molecule has 0 radical (unpaired) electrons. The number of rotatable bonds is 1. The number of hydrogen-bond donors (Lipinski definition) is 0. The molecule has 0 nitrogen and oxygen atoms in total. The molecular formula is C26H16S. The van der Waals surface area contributed by atoms with E-state index in [-0.39, 0.29) is 0 Å². The zero-order chi connectivity index (χ0) is 17.8. The smallest absolute Gasteiger partial charge is 0.0440 e. The zero-order valence-corrected chi connectivity index (χ0v) is 15.5. The first-order chi connectivity index (χ1) is 13.4. The monoisotopic (exact) mass is 360 g/mol. The van der Waals surface area contributed by atoms with E-state index in [9.17, 15) is 0 Å². The Bertz CT molecular complexity index is 1460. The van der Waals surface area contributed by atoms with Gasteiger partial charge in [0.05, 0.1) is 0 Å². The van der Waals surface area contributed by atoms with Crippen molar-refractivity contribution in [2.45, 2.75) is 0 Å². The van der Waals surface area contributed by atoms with Crippen molar-refractivity contribution in [3.05, 3.63) is 97.1 Å². The normalized spacial score (nSPS) is 11.7. The fourth-order valence-electron chi connectivity index (χ4n) is 4.22. The van der Waals surface area contributed by atoms with Gasteiger partial charge in [-0.25, -0.2) is 0 Å². The van der Waals surface area contributed by atoms with Gasteiger partial charge in [0, 0.05) is 25.6 Å². The van der Waals surface area contributed by atoms with E-state index in [0.29, 0.717) is 0 Å². The summed E-state index contributed by atoms with van der Waals surface area (Å²) in [4.78, 5) is 0. The fraction of sp³-hybridized carbons (Fsp3) is 0. The quantitative estimate of drug-likeness (QED) is 0.260. The van der Waals surface area contributed by atoms with Crippen molar-refractivity contribution >= 4 is 53.1 Å². The molecule has 0 spiro atoms. The van der Waals surface area contributed by atoms with E-state index in [1.54, 1.807) is 0 Å². The number of hydrogen-bond acceptors (Lipinski definition) is 1. The molecule has 1 aromatic heterocycles. The summed E-state index contributed by atoms with van der Waals surface area (Å²) in [6.45, 7) is 0. The summed E-state index contributed by atoms with van der Waals surface area (Å²) in [7, 11) is 0. The Morgan fingerprint density at radius 3 is 1.85 bits per heavy atom. The van der Waals surface area contributed by atoms with Crippen molar-refractivity contribution in [1.82, 2.24) is 0 Å². The van der Waals surface area contributed by atoms with Gasteiger partial charge in [-0.15, -0.1) is 11.3 Å². The van der Waals surface area contributed by atoms with Gasteiger partial charge < -0.3 is 0 Å². The highest BCUT2D eigenvalue weighted by atomic mass is 32.1. The van der Waals surface area contributed by atoms with Crippen LogP contribution in [0.1, 0.15) is 0 Å². The Kier molecular flexibility index (Phi) is 3.14. The Morgan fingerprint density at radius 1 is 0.444 bits per heavy atom. The van der Waals surface area contributed by atoms with Crippen LogP contribution in [0.25, 0.3) is 52.8 Å². The van der Waals surface area contributed by atoms with Gasteiger partial charge in [0.15, 0.2) is 0 Å². The summed E-state index contributed by atoms with van der Waals surface area (Å²) in [5.74, 6) is 0. The fourth-order valence-corrected chi connectivity index (χ4v) is 5.45. The van der Waals surface area contributed by atoms with Crippen molar-refractivity contribution in [3.8, 4) is 11.1 Å². The first-order valence-electron chi connectivity index (χ1n) is 9.21. The molecule has 5 aromatic carbocycles. The minimum Gasteiger partial charge on any atom is -0.135 e. The van der Waals surface area contributed by atoms with Crippen LogP contribution in [-0.4, -0.2) is 0 Å². The van der Waals surface area contributed by atoms with Crippen molar-refractivity contribution in [3.63, 3.8) is 0 Å². The SMILES string of the molecule is c1ccc(-c2ccc3sc4c5ccccc5c5ccccc5c4c3c2)cc1. The van der Waals surface area contributed by atoms with E-state index in [1.165, 1.54) is 52.8 Å². The molecule has 0 unspecified atom stereocenters. The van der Waals surface area contributed by atoms with Gasteiger partial charge >= 0.3 is 0 Å². The molecule has 0 aliphatic rings. The van der Waals surface area contributed by atoms with Gasteiger partial charge in [-0.3, -0.25) is 0 Å². The zero-order valence-electron chi connectivity index (χ0n) is 14.6. The summed E-state index contributed by atoms with van der Waals surface area (Å²) in [5.41, 5.74) is 2.55. The molecule has 0 aliphatic carbocycles. The molecule has 0 bridgehead atoms. The topological polar surface area (TPSA) is 0 Å². The first kappa shape index (κ1) is 15.0. The van der Waals surface area contributed by atoms with Crippen molar-refractivity contribution < 1.29 is 0 Å².